The summed E-state index contributed by atoms with van der Waals surface area (Å²) in [6.07, 6.45) is 0. The van der Waals surface area contributed by atoms with E-state index in [1.807, 2.05) is 24.3 Å². The first-order valence-corrected chi connectivity index (χ1v) is 9.36. The molecule has 25 heavy (non-hydrogen) atoms. The number of thiophene rings is 1. The van der Waals surface area contributed by atoms with Crippen LogP contribution in [0.15, 0.2) is 38.6 Å². The summed E-state index contributed by atoms with van der Waals surface area (Å²) in [5.74, 6) is 0. The lowest BCUT2D eigenvalue weighted by molar-refractivity contribution is 0.687. The van der Waals surface area contributed by atoms with E-state index in [0.29, 0.717) is 21.9 Å². The maximum absolute atomic E-state index is 12.4. The molecule has 6 nitrogen and oxygen atoms in total. The molecule has 0 aliphatic heterocycles. The Morgan fingerprint density at radius 1 is 1.20 bits per heavy atom. The molecule has 3 heterocycles. The topological polar surface area (TPSA) is 61.8 Å². The number of rotatable bonds is 2. The van der Waals surface area contributed by atoms with Gasteiger partial charge in [-0.3, -0.25) is 18.5 Å². The summed E-state index contributed by atoms with van der Waals surface area (Å²) in [5.41, 5.74) is -0.101. The van der Waals surface area contributed by atoms with Gasteiger partial charge in [0.2, 0.25) is 0 Å². The van der Waals surface area contributed by atoms with E-state index in [1.54, 1.807) is 23.0 Å². The lowest BCUT2D eigenvalue weighted by atomic mass is 10.2. The number of hydrogen-bond acceptors (Lipinski definition) is 4. The van der Waals surface area contributed by atoms with Crippen molar-refractivity contribution in [2.45, 2.75) is 6.54 Å². The molecule has 0 aliphatic rings. The van der Waals surface area contributed by atoms with Crippen LogP contribution in [0.25, 0.3) is 21.3 Å². The van der Waals surface area contributed by atoms with E-state index in [1.165, 1.54) is 11.6 Å². The predicted octanol–water partition coefficient (Wildman–Crippen LogP) is 3.11. The fourth-order valence-corrected chi connectivity index (χ4v) is 4.86. The summed E-state index contributed by atoms with van der Waals surface area (Å²) in [4.78, 5) is 29.9. The molecule has 0 bridgehead atoms. The zero-order valence-electron chi connectivity index (χ0n) is 13.3. The Kier molecular flexibility index (Phi) is 3.86. The smallest absolute Gasteiger partial charge is 0.299 e. The van der Waals surface area contributed by atoms with Crippen molar-refractivity contribution >= 4 is 60.1 Å². The van der Waals surface area contributed by atoms with Crippen LogP contribution in [0.2, 0.25) is 5.02 Å². The van der Waals surface area contributed by atoms with Gasteiger partial charge in [-0.15, -0.1) is 11.3 Å². The Morgan fingerprint density at radius 2 is 1.92 bits per heavy atom. The number of aryl methyl sites for hydroxylation is 1. The fourth-order valence-electron chi connectivity index (χ4n) is 2.91. The van der Waals surface area contributed by atoms with Gasteiger partial charge in [-0.05, 0) is 22.0 Å². The Morgan fingerprint density at radius 3 is 2.64 bits per heavy atom. The van der Waals surface area contributed by atoms with Crippen LogP contribution in [0, 0.1) is 0 Å². The van der Waals surface area contributed by atoms with E-state index in [2.05, 4.69) is 20.9 Å². The van der Waals surface area contributed by atoms with Gasteiger partial charge in [-0.25, -0.2) is 9.78 Å². The van der Waals surface area contributed by atoms with Crippen LogP contribution in [-0.4, -0.2) is 18.7 Å². The molecule has 4 rings (SSSR count). The van der Waals surface area contributed by atoms with E-state index in [4.69, 9.17) is 11.6 Å². The average Bonchev–Trinajstić information content (AvgIpc) is 3.10. The molecule has 0 fully saturated rings. The summed E-state index contributed by atoms with van der Waals surface area (Å²) in [7, 11) is 3.07. The molecular weight excluding hydrogens is 428 g/mol. The normalized spacial score (nSPS) is 11.7. The maximum atomic E-state index is 12.4. The number of benzene rings is 1. The predicted molar refractivity (Wildman–Crippen MR) is 104 cm³/mol. The molecular formula is C16H12BrClN4O2S. The van der Waals surface area contributed by atoms with Crippen molar-refractivity contribution in [2.75, 3.05) is 0 Å². The molecule has 128 valence electrons. The molecule has 0 saturated heterocycles. The number of aromatic nitrogens is 4. The molecule has 0 saturated carbocycles. The van der Waals surface area contributed by atoms with Gasteiger partial charge in [0.25, 0.3) is 5.56 Å². The Balaban J connectivity index is 1.98. The van der Waals surface area contributed by atoms with Crippen LogP contribution < -0.4 is 11.2 Å². The average molecular weight is 440 g/mol. The largest absolute Gasteiger partial charge is 0.332 e. The zero-order valence-corrected chi connectivity index (χ0v) is 16.4. The Labute approximate surface area is 159 Å². The van der Waals surface area contributed by atoms with Crippen molar-refractivity contribution in [3.05, 3.63) is 59.7 Å². The molecule has 0 radical (unpaired) electrons. The molecule has 0 spiro atoms. The molecule has 0 N–H and O–H groups in total. The summed E-state index contributed by atoms with van der Waals surface area (Å²) < 4.78 is 5.84. The number of hydrogen-bond donors (Lipinski definition) is 0. The van der Waals surface area contributed by atoms with Gasteiger partial charge in [0.05, 0.1) is 11.6 Å². The van der Waals surface area contributed by atoms with Crippen LogP contribution in [0.1, 0.15) is 4.88 Å². The SMILES string of the molecule is Cn1c(=O)c2nc(Br)n(Cc3sc4ccccc4c3Cl)c2n(C)c1=O. The molecule has 0 aliphatic carbocycles. The van der Waals surface area contributed by atoms with Gasteiger partial charge < -0.3 is 0 Å². The van der Waals surface area contributed by atoms with Crippen LogP contribution in [-0.2, 0) is 20.6 Å². The molecule has 9 heteroatoms. The van der Waals surface area contributed by atoms with E-state index in [-0.39, 0.29) is 5.52 Å². The number of imidazole rings is 1. The number of halogens is 2. The second-order valence-electron chi connectivity index (χ2n) is 5.68. The quantitative estimate of drug-likeness (QED) is 0.451. The van der Waals surface area contributed by atoms with E-state index < -0.39 is 11.2 Å². The van der Waals surface area contributed by atoms with Crippen LogP contribution >= 0.6 is 38.9 Å². The second kappa shape index (κ2) is 5.82. The highest BCUT2D eigenvalue weighted by Gasteiger charge is 2.19. The first kappa shape index (κ1) is 16.6. The van der Waals surface area contributed by atoms with Crippen LogP contribution in [0.4, 0.5) is 0 Å². The Bertz CT molecular complexity index is 1270. The van der Waals surface area contributed by atoms with Crippen molar-refractivity contribution in [2.24, 2.45) is 14.1 Å². The minimum atomic E-state index is -0.417. The van der Waals surface area contributed by atoms with Gasteiger partial charge in [0.1, 0.15) is 0 Å². The third-order valence-electron chi connectivity index (χ3n) is 4.20. The van der Waals surface area contributed by atoms with Crippen molar-refractivity contribution in [1.82, 2.24) is 18.7 Å². The molecule has 0 unspecified atom stereocenters. The lowest BCUT2D eigenvalue weighted by Crippen LogP contribution is -2.37. The zero-order chi connectivity index (χ0) is 17.9. The maximum Gasteiger partial charge on any atom is 0.332 e. The highest BCUT2D eigenvalue weighted by molar-refractivity contribution is 9.10. The standard InChI is InChI=1S/C16H12BrClN4O2S/c1-20-13-12(14(23)21(2)16(20)24)19-15(17)22(13)7-10-11(18)8-5-3-4-6-9(8)25-10/h3-6H,7H2,1-2H3. The third-order valence-corrected chi connectivity index (χ3v) is 6.50. The van der Waals surface area contributed by atoms with Crippen molar-refractivity contribution < 1.29 is 0 Å². The van der Waals surface area contributed by atoms with Crippen molar-refractivity contribution in [1.29, 1.82) is 0 Å². The summed E-state index contributed by atoms with van der Waals surface area (Å²) in [6.45, 7) is 0.412. The van der Waals surface area contributed by atoms with Gasteiger partial charge in [0.15, 0.2) is 15.9 Å². The highest BCUT2D eigenvalue weighted by atomic mass is 79.9. The van der Waals surface area contributed by atoms with Crippen LogP contribution in [0.5, 0.6) is 0 Å². The summed E-state index contributed by atoms with van der Waals surface area (Å²) >= 11 is 11.5. The van der Waals surface area contributed by atoms with Gasteiger partial charge in [-0.1, -0.05) is 29.8 Å². The van der Waals surface area contributed by atoms with E-state index in [9.17, 15) is 9.59 Å². The van der Waals surface area contributed by atoms with Gasteiger partial charge >= 0.3 is 5.69 Å². The van der Waals surface area contributed by atoms with Crippen molar-refractivity contribution in [3.63, 3.8) is 0 Å². The molecule has 1 aromatic carbocycles. The molecule has 3 aromatic heterocycles. The summed E-state index contributed by atoms with van der Waals surface area (Å²) in [6, 6.07) is 7.90. The molecule has 0 atom stereocenters. The highest BCUT2D eigenvalue weighted by Crippen LogP contribution is 2.36. The van der Waals surface area contributed by atoms with E-state index in [0.717, 1.165) is 19.5 Å². The lowest BCUT2D eigenvalue weighted by Gasteiger charge is -2.09. The second-order valence-corrected chi connectivity index (χ2v) is 7.90. The van der Waals surface area contributed by atoms with Gasteiger partial charge in [-0.2, -0.15) is 0 Å². The van der Waals surface area contributed by atoms with E-state index >= 15 is 0 Å². The minimum Gasteiger partial charge on any atom is -0.299 e. The summed E-state index contributed by atoms with van der Waals surface area (Å²) in [5, 5.41) is 1.68. The molecule has 0 amide bonds. The fraction of sp³-hybridized carbons (Fsp3) is 0.188. The van der Waals surface area contributed by atoms with Gasteiger partial charge in [0, 0.05) is 29.1 Å². The Hall–Kier alpha value is -1.90. The first-order valence-electron chi connectivity index (χ1n) is 7.37. The first-order chi connectivity index (χ1) is 11.9. The number of fused-ring (bicyclic) bond motifs is 2. The molecule has 4 aromatic rings. The monoisotopic (exact) mass is 438 g/mol. The number of nitrogens with zero attached hydrogens (tertiary/aromatic N) is 4. The van der Waals surface area contributed by atoms with Crippen molar-refractivity contribution in [3.8, 4) is 0 Å². The third kappa shape index (κ3) is 2.39. The van der Waals surface area contributed by atoms with Crippen LogP contribution in [0.3, 0.4) is 0 Å². The minimum absolute atomic E-state index is 0.244.